The van der Waals surface area contributed by atoms with Gasteiger partial charge in [0.1, 0.15) is 34.8 Å². The van der Waals surface area contributed by atoms with E-state index in [1.54, 1.807) is 20.8 Å². The number of halogens is 4. The van der Waals surface area contributed by atoms with E-state index in [-0.39, 0.29) is 35.8 Å². The zero-order chi connectivity index (χ0) is 28.5. The van der Waals surface area contributed by atoms with Crippen LogP contribution in [0.3, 0.4) is 0 Å². The summed E-state index contributed by atoms with van der Waals surface area (Å²) >= 11 is 0. The Morgan fingerprint density at radius 1 is 1.10 bits per heavy atom. The fourth-order valence-corrected chi connectivity index (χ4v) is 4.01. The molecule has 208 valence electrons. The molecule has 1 aliphatic carbocycles. The first-order valence-electron chi connectivity index (χ1n) is 12.0. The first kappa shape index (κ1) is 28.0. The zero-order valence-electron chi connectivity index (χ0n) is 21.3. The van der Waals surface area contributed by atoms with E-state index in [2.05, 4.69) is 15.3 Å². The summed E-state index contributed by atoms with van der Waals surface area (Å²) in [6.45, 7) is 4.86. The number of imide groups is 1. The van der Waals surface area contributed by atoms with Crippen LogP contribution in [0, 0.1) is 5.82 Å². The Hall–Kier alpha value is -4.00. The number of ether oxygens (including phenoxy) is 2. The fourth-order valence-electron chi connectivity index (χ4n) is 4.01. The molecule has 39 heavy (non-hydrogen) atoms. The van der Waals surface area contributed by atoms with Crippen LogP contribution in [-0.2, 0) is 17.5 Å². The number of amides is 2. The second-order valence-electron chi connectivity index (χ2n) is 10.1. The molecule has 2 amide bonds. The third kappa shape index (κ3) is 6.72. The van der Waals surface area contributed by atoms with Gasteiger partial charge in [0.05, 0.1) is 6.20 Å². The van der Waals surface area contributed by atoms with Crippen LogP contribution in [-0.4, -0.2) is 45.0 Å². The highest BCUT2D eigenvalue weighted by Gasteiger charge is 2.34. The van der Waals surface area contributed by atoms with Gasteiger partial charge in [-0.05, 0) is 69.3 Å². The van der Waals surface area contributed by atoms with Crippen molar-refractivity contribution in [2.24, 2.45) is 0 Å². The summed E-state index contributed by atoms with van der Waals surface area (Å²) in [6, 6.07) is 6.10. The number of alkyl halides is 3. The van der Waals surface area contributed by atoms with Gasteiger partial charge in [0.25, 0.3) is 0 Å². The van der Waals surface area contributed by atoms with E-state index in [1.807, 2.05) is 0 Å². The Balaban J connectivity index is 1.43. The number of pyridine rings is 2. The summed E-state index contributed by atoms with van der Waals surface area (Å²) < 4.78 is 63.7. The summed E-state index contributed by atoms with van der Waals surface area (Å²) in [7, 11) is 0. The molecule has 0 aliphatic heterocycles. The van der Waals surface area contributed by atoms with Crippen LogP contribution < -0.4 is 15.0 Å². The summed E-state index contributed by atoms with van der Waals surface area (Å²) in [4.78, 5) is 32.1. The van der Waals surface area contributed by atoms with Gasteiger partial charge in [0.15, 0.2) is 0 Å². The largest absolute Gasteiger partial charge is 0.489 e. The van der Waals surface area contributed by atoms with Crippen LogP contribution >= 0.6 is 0 Å². The molecule has 4 rings (SSSR count). The van der Waals surface area contributed by atoms with E-state index in [1.165, 1.54) is 30.5 Å². The molecule has 3 aromatic rings. The third-order valence-corrected chi connectivity index (χ3v) is 5.93. The van der Waals surface area contributed by atoms with Gasteiger partial charge >= 0.3 is 18.4 Å². The van der Waals surface area contributed by atoms with Gasteiger partial charge in [-0.25, -0.2) is 23.9 Å². The van der Waals surface area contributed by atoms with Gasteiger partial charge in [0, 0.05) is 29.7 Å². The van der Waals surface area contributed by atoms with Crippen molar-refractivity contribution in [1.82, 2.24) is 15.3 Å². The van der Waals surface area contributed by atoms with Gasteiger partial charge in [-0.1, -0.05) is 0 Å². The molecule has 1 fully saturated rings. The number of hydrogen-bond donors (Lipinski definition) is 2. The predicted octanol–water partition coefficient (Wildman–Crippen LogP) is 5.91. The van der Waals surface area contributed by atoms with E-state index >= 15 is 0 Å². The minimum absolute atomic E-state index is 0.0503. The Labute approximate surface area is 220 Å². The molecule has 2 heterocycles. The zero-order valence-corrected chi connectivity index (χ0v) is 21.3. The molecule has 0 spiro atoms. The number of fused-ring (bicyclic) bond motifs is 1. The van der Waals surface area contributed by atoms with E-state index in [0.29, 0.717) is 28.5 Å². The highest BCUT2D eigenvalue weighted by atomic mass is 19.4. The quantitative estimate of drug-likeness (QED) is 0.365. The van der Waals surface area contributed by atoms with Crippen molar-refractivity contribution < 1.29 is 41.7 Å². The van der Waals surface area contributed by atoms with E-state index in [0.717, 1.165) is 12.3 Å². The van der Waals surface area contributed by atoms with Crippen molar-refractivity contribution in [1.29, 1.82) is 0 Å². The van der Waals surface area contributed by atoms with Crippen LogP contribution in [0.5, 0.6) is 5.75 Å². The number of aromatic nitrogens is 2. The lowest BCUT2D eigenvalue weighted by Crippen LogP contribution is -2.46. The molecule has 0 saturated heterocycles. The second-order valence-corrected chi connectivity index (χ2v) is 10.1. The van der Waals surface area contributed by atoms with Gasteiger partial charge in [-0.3, -0.25) is 0 Å². The molecule has 0 radical (unpaired) electrons. The number of hydrogen-bond acceptors (Lipinski definition) is 7. The van der Waals surface area contributed by atoms with Crippen molar-refractivity contribution >= 4 is 28.8 Å². The molecule has 1 aromatic carbocycles. The topological polar surface area (TPSA) is 114 Å². The van der Waals surface area contributed by atoms with Crippen LogP contribution in [0.4, 0.5) is 33.0 Å². The lowest BCUT2D eigenvalue weighted by molar-refractivity contribution is -0.141. The smallest absolute Gasteiger partial charge is 0.433 e. The molecule has 1 aliphatic rings. The van der Waals surface area contributed by atoms with Crippen molar-refractivity contribution in [3.8, 4) is 5.75 Å². The first-order chi connectivity index (χ1) is 18.2. The fraction of sp³-hybridized carbons (Fsp3) is 0.385. The molecule has 2 N–H and O–H groups in total. The minimum atomic E-state index is -4.53. The predicted molar refractivity (Wildman–Crippen MR) is 132 cm³/mol. The summed E-state index contributed by atoms with van der Waals surface area (Å²) in [5.74, 6) is -0.549. The van der Waals surface area contributed by atoms with Gasteiger partial charge < -0.3 is 19.9 Å². The van der Waals surface area contributed by atoms with E-state index in [4.69, 9.17) is 9.47 Å². The van der Waals surface area contributed by atoms with Crippen molar-refractivity contribution in [3.05, 3.63) is 59.8 Å². The molecule has 9 nitrogen and oxygen atoms in total. The molecule has 0 bridgehead atoms. The standard InChI is InChI=1S/C26H26F4N4O5/c1-25(2,3)39-24(37)34(23(35)36)22-10-18-14(11-33-22)4-6-20(27)19(18)13-31-15-8-17(9-15)38-16-5-7-21(32-12-16)26(28,29)30/h4-7,10-12,15,17,31H,8-9,13H2,1-3H3,(H,35,36). The molecule has 0 unspecified atom stereocenters. The molecular weight excluding hydrogens is 524 g/mol. The third-order valence-electron chi connectivity index (χ3n) is 5.93. The van der Waals surface area contributed by atoms with Crippen LogP contribution in [0.1, 0.15) is 44.9 Å². The normalized spacial score (nSPS) is 17.4. The van der Waals surface area contributed by atoms with Gasteiger partial charge in [0.2, 0.25) is 0 Å². The van der Waals surface area contributed by atoms with E-state index < -0.39 is 35.5 Å². The minimum Gasteiger partial charge on any atom is -0.489 e. The summed E-state index contributed by atoms with van der Waals surface area (Å²) in [6.07, 6.45) is -4.07. The highest BCUT2D eigenvalue weighted by molar-refractivity contribution is 6.08. The Kier molecular flexibility index (Phi) is 7.64. The first-order valence-corrected chi connectivity index (χ1v) is 12.0. The summed E-state index contributed by atoms with van der Waals surface area (Å²) in [5.41, 5.74) is -1.70. The second kappa shape index (κ2) is 10.6. The summed E-state index contributed by atoms with van der Waals surface area (Å²) in [5, 5.41) is 13.7. The maximum absolute atomic E-state index is 14.9. The highest BCUT2D eigenvalue weighted by Crippen LogP contribution is 2.31. The van der Waals surface area contributed by atoms with E-state index in [9.17, 15) is 32.3 Å². The van der Waals surface area contributed by atoms with Crippen LogP contribution in [0.15, 0.2) is 42.7 Å². The lowest BCUT2D eigenvalue weighted by atomic mass is 9.89. The molecular formula is C26H26F4N4O5. The number of anilines is 1. The molecule has 1 saturated carbocycles. The number of rotatable bonds is 6. The SMILES string of the molecule is CC(C)(C)OC(=O)N(C(=O)O)c1cc2c(CNC3CC(Oc4ccc(C(F)(F)F)nc4)C3)c(F)ccc2cn1. The number of carbonyl (C=O) groups is 2. The average molecular weight is 551 g/mol. The van der Waals surface area contributed by atoms with Gasteiger partial charge in [-0.2, -0.15) is 18.1 Å². The molecule has 2 aromatic heterocycles. The monoisotopic (exact) mass is 550 g/mol. The van der Waals surface area contributed by atoms with Crippen LogP contribution in [0.2, 0.25) is 0 Å². The number of carboxylic acid groups (broad SMARTS) is 1. The lowest BCUT2D eigenvalue weighted by Gasteiger charge is -2.36. The number of benzene rings is 1. The van der Waals surface area contributed by atoms with Crippen molar-refractivity contribution in [2.45, 2.75) is 64.1 Å². The molecule has 0 atom stereocenters. The number of nitrogens with one attached hydrogen (secondary N) is 1. The maximum Gasteiger partial charge on any atom is 0.433 e. The molecule has 13 heteroatoms. The van der Waals surface area contributed by atoms with Crippen molar-refractivity contribution in [3.63, 3.8) is 0 Å². The number of nitrogens with zero attached hydrogens (tertiary/aromatic N) is 3. The average Bonchev–Trinajstić information content (AvgIpc) is 2.79. The Morgan fingerprint density at radius 2 is 1.82 bits per heavy atom. The number of carbonyl (C=O) groups excluding carboxylic acids is 1. The van der Waals surface area contributed by atoms with Crippen molar-refractivity contribution in [2.75, 3.05) is 4.90 Å². The van der Waals surface area contributed by atoms with Gasteiger partial charge in [-0.15, -0.1) is 0 Å². The maximum atomic E-state index is 14.9. The van der Waals surface area contributed by atoms with Crippen LogP contribution in [0.25, 0.3) is 10.8 Å². The Morgan fingerprint density at radius 3 is 2.41 bits per heavy atom. The Bertz CT molecular complexity index is 1370.